The lowest BCUT2D eigenvalue weighted by molar-refractivity contribution is 0.340. The summed E-state index contributed by atoms with van der Waals surface area (Å²) in [5.74, 6) is 0.836. The third-order valence-corrected chi connectivity index (χ3v) is 6.23. The highest BCUT2D eigenvalue weighted by Crippen LogP contribution is 2.43. The maximum Gasteiger partial charge on any atom is 0.174 e. The minimum Gasteiger partial charge on any atom is -0.494 e. The Morgan fingerprint density at radius 2 is 1.82 bits per heavy atom. The molecule has 1 saturated heterocycles. The van der Waals surface area contributed by atoms with Gasteiger partial charge in [-0.15, -0.1) is 10.2 Å². The van der Waals surface area contributed by atoms with Gasteiger partial charge in [-0.05, 0) is 75.5 Å². The second-order valence-electron chi connectivity index (χ2n) is 7.90. The molecule has 0 unspecified atom stereocenters. The Morgan fingerprint density at radius 3 is 2.48 bits per heavy atom. The van der Waals surface area contributed by atoms with E-state index in [4.69, 9.17) is 17.0 Å². The fourth-order valence-electron chi connectivity index (χ4n) is 4.55. The zero-order valence-corrected chi connectivity index (χ0v) is 19.5. The number of hydrogen-bond acceptors (Lipinski definition) is 5. The molecule has 5 rings (SSSR count). The second-order valence-corrected chi connectivity index (χ2v) is 8.29. The summed E-state index contributed by atoms with van der Waals surface area (Å²) < 4.78 is 9.62. The average molecular weight is 460 g/mol. The van der Waals surface area contributed by atoms with Gasteiger partial charge in [0.1, 0.15) is 18.4 Å². The van der Waals surface area contributed by atoms with Crippen LogP contribution in [0.4, 0.5) is 5.69 Å². The largest absolute Gasteiger partial charge is 0.494 e. The quantitative estimate of drug-likeness (QED) is 0.437. The number of benzene rings is 1. The fraction of sp³-hybridized carbons (Fsp3) is 0.250. The highest BCUT2D eigenvalue weighted by atomic mass is 32.1. The summed E-state index contributed by atoms with van der Waals surface area (Å²) in [7, 11) is 0. The summed E-state index contributed by atoms with van der Waals surface area (Å²) in [5, 5.41) is 12.1. The highest BCUT2D eigenvalue weighted by Gasteiger charge is 2.42. The molecule has 168 valence electrons. The molecule has 4 heterocycles. The van der Waals surface area contributed by atoms with Crippen molar-refractivity contribution in [2.24, 2.45) is 0 Å². The first kappa shape index (κ1) is 21.1. The minimum absolute atomic E-state index is 0.0956. The lowest BCUT2D eigenvalue weighted by Crippen LogP contribution is -2.29. The SMILES string of the molecule is CCOc1ccc(N2C(=S)N[C@@H](c3ccccn3)[C@H]2c2cc(C)n(-n3cnnc3)c2C)cc1. The predicted molar refractivity (Wildman–Crippen MR) is 130 cm³/mol. The van der Waals surface area contributed by atoms with Crippen molar-refractivity contribution in [2.75, 3.05) is 11.5 Å². The standard InChI is InChI=1S/C24H25N7OS/c1-4-32-19-10-8-18(9-11-19)30-23(22(28-24(30)33)21-7-5-6-12-25-21)20-13-16(2)31(17(20)3)29-14-26-27-15-29/h5-15,22-23H,4H2,1-3H3,(H,28,33)/t22-,23+/m0/s1. The summed E-state index contributed by atoms with van der Waals surface area (Å²) >= 11 is 5.85. The van der Waals surface area contributed by atoms with E-state index in [1.165, 1.54) is 0 Å². The molecule has 1 N–H and O–H groups in total. The Balaban J connectivity index is 1.64. The number of nitrogens with one attached hydrogen (secondary N) is 1. The monoisotopic (exact) mass is 459 g/mol. The van der Waals surface area contributed by atoms with E-state index in [1.807, 2.05) is 60.3 Å². The van der Waals surface area contributed by atoms with Gasteiger partial charge in [0.05, 0.1) is 24.4 Å². The first-order chi connectivity index (χ1) is 16.1. The third-order valence-electron chi connectivity index (χ3n) is 5.91. The molecule has 0 radical (unpaired) electrons. The Labute approximate surface area is 197 Å². The summed E-state index contributed by atoms with van der Waals surface area (Å²) in [6.45, 7) is 6.79. The average Bonchev–Trinajstić information content (AvgIpc) is 3.53. The molecule has 0 bridgehead atoms. The molecule has 9 heteroatoms. The van der Waals surface area contributed by atoms with Crippen LogP contribution in [-0.4, -0.2) is 36.3 Å². The summed E-state index contributed by atoms with van der Waals surface area (Å²) in [6.07, 6.45) is 5.21. The fourth-order valence-corrected chi connectivity index (χ4v) is 4.90. The lowest BCUT2D eigenvalue weighted by Gasteiger charge is -2.28. The van der Waals surface area contributed by atoms with E-state index >= 15 is 0 Å². The zero-order chi connectivity index (χ0) is 22.9. The van der Waals surface area contributed by atoms with Crippen LogP contribution in [-0.2, 0) is 0 Å². The van der Waals surface area contributed by atoms with Gasteiger partial charge >= 0.3 is 0 Å². The van der Waals surface area contributed by atoms with Gasteiger partial charge in [-0.3, -0.25) is 9.66 Å². The van der Waals surface area contributed by atoms with Crippen molar-refractivity contribution in [1.29, 1.82) is 0 Å². The van der Waals surface area contributed by atoms with Crippen LogP contribution < -0.4 is 15.0 Å². The molecule has 0 spiro atoms. The van der Waals surface area contributed by atoms with Crippen LogP contribution >= 0.6 is 12.2 Å². The molecule has 1 fully saturated rings. The number of nitrogens with zero attached hydrogens (tertiary/aromatic N) is 6. The Hall–Kier alpha value is -3.72. The van der Waals surface area contributed by atoms with E-state index in [2.05, 4.69) is 50.0 Å². The normalized spacial score (nSPS) is 17.9. The molecule has 33 heavy (non-hydrogen) atoms. The molecule has 0 aliphatic carbocycles. The van der Waals surface area contributed by atoms with E-state index in [9.17, 15) is 0 Å². The van der Waals surface area contributed by atoms with Gasteiger partial charge < -0.3 is 15.0 Å². The van der Waals surface area contributed by atoms with E-state index in [-0.39, 0.29) is 12.1 Å². The van der Waals surface area contributed by atoms with Gasteiger partial charge in [-0.1, -0.05) is 6.07 Å². The number of ether oxygens (including phenoxy) is 1. The van der Waals surface area contributed by atoms with Crippen LogP contribution in [0.25, 0.3) is 0 Å². The van der Waals surface area contributed by atoms with Crippen LogP contribution in [0, 0.1) is 13.8 Å². The lowest BCUT2D eigenvalue weighted by atomic mass is 9.96. The number of rotatable bonds is 6. The molecule has 4 aromatic rings. The second kappa shape index (κ2) is 8.67. The van der Waals surface area contributed by atoms with Gasteiger partial charge in [0.25, 0.3) is 0 Å². The highest BCUT2D eigenvalue weighted by molar-refractivity contribution is 7.80. The van der Waals surface area contributed by atoms with Crippen LogP contribution in [0.3, 0.4) is 0 Å². The smallest absolute Gasteiger partial charge is 0.174 e. The maximum absolute atomic E-state index is 5.85. The molecule has 1 aliphatic heterocycles. The predicted octanol–water partition coefficient (Wildman–Crippen LogP) is 3.98. The van der Waals surface area contributed by atoms with Gasteiger partial charge in [-0.2, -0.15) is 0 Å². The van der Waals surface area contributed by atoms with Crippen molar-refractivity contribution < 1.29 is 4.74 Å². The van der Waals surface area contributed by atoms with Crippen LogP contribution in [0.15, 0.2) is 67.4 Å². The number of aryl methyl sites for hydroxylation is 1. The molecule has 3 aromatic heterocycles. The summed E-state index contributed by atoms with van der Waals surface area (Å²) in [4.78, 5) is 6.81. The molecule has 0 saturated carbocycles. The van der Waals surface area contributed by atoms with Crippen LogP contribution in [0.5, 0.6) is 5.75 Å². The molecule has 0 amide bonds. The van der Waals surface area contributed by atoms with Crippen molar-refractivity contribution in [2.45, 2.75) is 32.9 Å². The Morgan fingerprint density at radius 1 is 1.06 bits per heavy atom. The number of anilines is 1. The molecule has 1 aliphatic rings. The zero-order valence-electron chi connectivity index (χ0n) is 18.7. The summed E-state index contributed by atoms with van der Waals surface area (Å²) in [6, 6.07) is 16.0. The van der Waals surface area contributed by atoms with Crippen molar-refractivity contribution in [3.05, 3.63) is 90.0 Å². The topological polar surface area (TPSA) is 73.0 Å². The van der Waals surface area contributed by atoms with Gasteiger partial charge in [0.15, 0.2) is 5.11 Å². The van der Waals surface area contributed by atoms with Gasteiger partial charge in [-0.25, -0.2) is 4.68 Å². The molecular formula is C24H25N7OS. The first-order valence-corrected chi connectivity index (χ1v) is 11.3. The Bertz CT molecular complexity index is 1250. The number of thiocarbonyl (C=S) groups is 1. The minimum atomic E-state index is -0.111. The van der Waals surface area contributed by atoms with Crippen molar-refractivity contribution in [3.63, 3.8) is 0 Å². The van der Waals surface area contributed by atoms with Gasteiger partial charge in [0.2, 0.25) is 0 Å². The first-order valence-electron chi connectivity index (χ1n) is 10.9. The van der Waals surface area contributed by atoms with Gasteiger partial charge in [0, 0.05) is 28.8 Å². The van der Waals surface area contributed by atoms with E-state index in [0.717, 1.165) is 34.1 Å². The molecule has 1 aromatic carbocycles. The van der Waals surface area contributed by atoms with Crippen molar-refractivity contribution >= 4 is 23.0 Å². The Kier molecular flexibility index (Phi) is 5.55. The molecule has 2 atom stereocenters. The maximum atomic E-state index is 5.85. The van der Waals surface area contributed by atoms with E-state index in [0.29, 0.717) is 11.7 Å². The number of hydrogen-bond donors (Lipinski definition) is 1. The van der Waals surface area contributed by atoms with Crippen LogP contribution in [0.1, 0.15) is 41.7 Å². The van der Waals surface area contributed by atoms with E-state index in [1.54, 1.807) is 12.7 Å². The number of pyridine rings is 1. The van der Waals surface area contributed by atoms with Crippen molar-refractivity contribution in [3.8, 4) is 5.75 Å². The van der Waals surface area contributed by atoms with Crippen LogP contribution in [0.2, 0.25) is 0 Å². The molecular weight excluding hydrogens is 434 g/mol. The van der Waals surface area contributed by atoms with E-state index < -0.39 is 0 Å². The molecule has 8 nitrogen and oxygen atoms in total. The summed E-state index contributed by atoms with van der Waals surface area (Å²) in [5.41, 5.74) is 5.24. The third kappa shape index (κ3) is 3.74. The number of aromatic nitrogens is 5. The van der Waals surface area contributed by atoms with Crippen molar-refractivity contribution in [1.82, 2.24) is 29.9 Å².